The van der Waals surface area contributed by atoms with Gasteiger partial charge in [0.25, 0.3) is 0 Å². The molecule has 0 aliphatic heterocycles. The van der Waals surface area contributed by atoms with Crippen molar-refractivity contribution in [2.45, 2.75) is 13.5 Å². The van der Waals surface area contributed by atoms with Gasteiger partial charge in [0.2, 0.25) is 0 Å². The molecule has 0 radical (unpaired) electrons. The van der Waals surface area contributed by atoms with Crippen LogP contribution in [-0.2, 0) is 11.3 Å². The summed E-state index contributed by atoms with van der Waals surface area (Å²) in [6.07, 6.45) is 0. The van der Waals surface area contributed by atoms with E-state index in [1.54, 1.807) is 0 Å². The standard InChI is InChI=1S/C16H16O4/c1-2-19-15-5-3-4-12(10-15)11-20-16(18)13-6-8-14(17)9-7-13/h3-10,17H,2,11H2,1H3. The molecule has 2 aromatic carbocycles. The zero-order chi connectivity index (χ0) is 14.4. The Hall–Kier alpha value is -2.49. The number of rotatable bonds is 5. The molecule has 0 heterocycles. The summed E-state index contributed by atoms with van der Waals surface area (Å²) in [5.74, 6) is 0.448. The van der Waals surface area contributed by atoms with Crippen molar-refractivity contribution >= 4 is 5.97 Å². The molecule has 0 unspecified atom stereocenters. The second kappa shape index (κ2) is 6.61. The van der Waals surface area contributed by atoms with Crippen LogP contribution in [0.4, 0.5) is 0 Å². The lowest BCUT2D eigenvalue weighted by molar-refractivity contribution is 0.0472. The lowest BCUT2D eigenvalue weighted by atomic mass is 10.2. The van der Waals surface area contributed by atoms with Gasteiger partial charge in [-0.25, -0.2) is 4.79 Å². The maximum atomic E-state index is 11.8. The first kappa shape index (κ1) is 13.9. The first-order valence-corrected chi connectivity index (χ1v) is 6.37. The normalized spacial score (nSPS) is 10.1. The van der Waals surface area contributed by atoms with Crippen molar-refractivity contribution < 1.29 is 19.4 Å². The average molecular weight is 272 g/mol. The topological polar surface area (TPSA) is 55.8 Å². The molecule has 0 atom stereocenters. The molecule has 0 saturated carbocycles. The van der Waals surface area contributed by atoms with Crippen LogP contribution in [0.3, 0.4) is 0 Å². The molecule has 20 heavy (non-hydrogen) atoms. The summed E-state index contributed by atoms with van der Waals surface area (Å²) in [6.45, 7) is 2.69. The number of carbonyl (C=O) groups excluding carboxylic acids is 1. The van der Waals surface area contributed by atoms with E-state index >= 15 is 0 Å². The van der Waals surface area contributed by atoms with Crippen molar-refractivity contribution in [1.29, 1.82) is 0 Å². The summed E-state index contributed by atoms with van der Waals surface area (Å²) >= 11 is 0. The third-order valence-electron chi connectivity index (χ3n) is 2.68. The van der Waals surface area contributed by atoms with Crippen molar-refractivity contribution in [2.75, 3.05) is 6.61 Å². The molecule has 104 valence electrons. The van der Waals surface area contributed by atoms with Gasteiger partial charge >= 0.3 is 5.97 Å². The molecular weight excluding hydrogens is 256 g/mol. The van der Waals surface area contributed by atoms with E-state index in [1.165, 1.54) is 24.3 Å². The zero-order valence-corrected chi connectivity index (χ0v) is 11.2. The number of esters is 1. The molecule has 0 bridgehead atoms. The predicted octanol–water partition coefficient (Wildman–Crippen LogP) is 3.15. The number of carbonyl (C=O) groups is 1. The van der Waals surface area contributed by atoms with Gasteiger partial charge in [-0.1, -0.05) is 12.1 Å². The van der Waals surface area contributed by atoms with Gasteiger partial charge < -0.3 is 14.6 Å². The zero-order valence-electron chi connectivity index (χ0n) is 11.2. The van der Waals surface area contributed by atoms with E-state index < -0.39 is 5.97 Å². The first-order valence-electron chi connectivity index (χ1n) is 6.37. The number of phenolic OH excluding ortho intramolecular Hbond substituents is 1. The number of hydrogen-bond acceptors (Lipinski definition) is 4. The highest BCUT2D eigenvalue weighted by molar-refractivity contribution is 5.89. The highest BCUT2D eigenvalue weighted by Gasteiger charge is 2.07. The highest BCUT2D eigenvalue weighted by atomic mass is 16.5. The Morgan fingerprint density at radius 1 is 1.15 bits per heavy atom. The summed E-state index contributed by atoms with van der Waals surface area (Å²) in [6, 6.07) is 13.4. The van der Waals surface area contributed by atoms with Gasteiger partial charge in [0, 0.05) is 0 Å². The highest BCUT2D eigenvalue weighted by Crippen LogP contribution is 2.15. The molecule has 0 aliphatic rings. The van der Waals surface area contributed by atoms with Crippen LogP contribution in [0, 0.1) is 0 Å². The Morgan fingerprint density at radius 2 is 1.90 bits per heavy atom. The lowest BCUT2D eigenvalue weighted by Crippen LogP contribution is -2.05. The van der Waals surface area contributed by atoms with Crippen LogP contribution in [0.15, 0.2) is 48.5 Å². The molecule has 0 aliphatic carbocycles. The van der Waals surface area contributed by atoms with Gasteiger partial charge in [0.05, 0.1) is 12.2 Å². The van der Waals surface area contributed by atoms with Crippen molar-refractivity contribution in [2.24, 2.45) is 0 Å². The van der Waals surface area contributed by atoms with Gasteiger partial charge in [-0.15, -0.1) is 0 Å². The van der Waals surface area contributed by atoms with E-state index in [9.17, 15) is 4.79 Å². The van der Waals surface area contributed by atoms with Crippen molar-refractivity contribution in [1.82, 2.24) is 0 Å². The van der Waals surface area contributed by atoms with Crippen molar-refractivity contribution in [3.63, 3.8) is 0 Å². The smallest absolute Gasteiger partial charge is 0.338 e. The van der Waals surface area contributed by atoms with Crippen LogP contribution in [0.25, 0.3) is 0 Å². The minimum Gasteiger partial charge on any atom is -0.508 e. The third-order valence-corrected chi connectivity index (χ3v) is 2.68. The van der Waals surface area contributed by atoms with Gasteiger partial charge in [0.15, 0.2) is 0 Å². The van der Waals surface area contributed by atoms with Crippen molar-refractivity contribution in [3.05, 3.63) is 59.7 Å². The van der Waals surface area contributed by atoms with E-state index in [0.717, 1.165) is 11.3 Å². The third kappa shape index (κ3) is 3.75. The molecular formula is C16H16O4. The van der Waals surface area contributed by atoms with Crippen LogP contribution < -0.4 is 4.74 Å². The van der Waals surface area contributed by atoms with Gasteiger partial charge in [-0.3, -0.25) is 0 Å². The minimum absolute atomic E-state index is 0.117. The Balaban J connectivity index is 1.96. The summed E-state index contributed by atoms with van der Waals surface area (Å²) in [4.78, 5) is 11.8. The molecule has 2 rings (SSSR count). The van der Waals surface area contributed by atoms with Crippen LogP contribution in [0.5, 0.6) is 11.5 Å². The molecule has 0 aromatic heterocycles. The molecule has 2 aromatic rings. The quantitative estimate of drug-likeness (QED) is 0.849. The molecule has 1 N–H and O–H groups in total. The van der Waals surface area contributed by atoms with Crippen LogP contribution >= 0.6 is 0 Å². The van der Waals surface area contributed by atoms with Crippen LogP contribution in [-0.4, -0.2) is 17.7 Å². The summed E-state index contributed by atoms with van der Waals surface area (Å²) in [5.41, 5.74) is 1.27. The number of ether oxygens (including phenoxy) is 2. The fourth-order valence-corrected chi connectivity index (χ4v) is 1.72. The lowest BCUT2D eigenvalue weighted by Gasteiger charge is -2.07. The predicted molar refractivity (Wildman–Crippen MR) is 74.8 cm³/mol. The maximum absolute atomic E-state index is 11.8. The fourth-order valence-electron chi connectivity index (χ4n) is 1.72. The Morgan fingerprint density at radius 3 is 2.60 bits per heavy atom. The van der Waals surface area contributed by atoms with Crippen LogP contribution in [0.2, 0.25) is 0 Å². The number of aromatic hydroxyl groups is 1. The first-order chi connectivity index (χ1) is 9.69. The minimum atomic E-state index is -0.424. The van der Waals surface area contributed by atoms with Gasteiger partial charge in [-0.05, 0) is 48.9 Å². The number of phenols is 1. The molecule has 0 spiro atoms. The van der Waals surface area contributed by atoms with E-state index in [0.29, 0.717) is 12.2 Å². The molecule has 4 heteroatoms. The molecule has 0 fully saturated rings. The molecule has 4 nitrogen and oxygen atoms in total. The largest absolute Gasteiger partial charge is 0.508 e. The fraction of sp³-hybridized carbons (Fsp3) is 0.188. The van der Waals surface area contributed by atoms with Gasteiger partial charge in [-0.2, -0.15) is 0 Å². The summed E-state index contributed by atoms with van der Waals surface area (Å²) in [7, 11) is 0. The van der Waals surface area contributed by atoms with E-state index in [-0.39, 0.29) is 12.4 Å². The molecule has 0 amide bonds. The van der Waals surface area contributed by atoms with Crippen LogP contribution in [0.1, 0.15) is 22.8 Å². The monoisotopic (exact) mass is 272 g/mol. The Kier molecular flexibility index (Phi) is 4.60. The second-order valence-electron chi connectivity index (χ2n) is 4.20. The average Bonchev–Trinajstić information content (AvgIpc) is 2.46. The van der Waals surface area contributed by atoms with Gasteiger partial charge in [0.1, 0.15) is 18.1 Å². The maximum Gasteiger partial charge on any atom is 0.338 e. The Labute approximate surface area is 117 Å². The summed E-state index contributed by atoms with van der Waals surface area (Å²) in [5, 5.41) is 9.16. The second-order valence-corrected chi connectivity index (χ2v) is 4.20. The Bertz CT molecular complexity index is 575. The number of benzene rings is 2. The molecule has 0 saturated heterocycles. The van der Waals surface area contributed by atoms with E-state index in [4.69, 9.17) is 14.6 Å². The van der Waals surface area contributed by atoms with Crippen molar-refractivity contribution in [3.8, 4) is 11.5 Å². The van der Waals surface area contributed by atoms with E-state index in [2.05, 4.69) is 0 Å². The number of hydrogen-bond donors (Lipinski definition) is 1. The van der Waals surface area contributed by atoms with E-state index in [1.807, 2.05) is 31.2 Å². The SMILES string of the molecule is CCOc1cccc(COC(=O)c2ccc(O)cc2)c1. The summed E-state index contributed by atoms with van der Waals surface area (Å²) < 4.78 is 10.6.